The zero-order chi connectivity index (χ0) is 19.0. The lowest BCUT2D eigenvalue weighted by Gasteiger charge is -2.26. The van der Waals surface area contributed by atoms with E-state index in [0.717, 1.165) is 10.9 Å². The first-order valence-corrected chi connectivity index (χ1v) is 7.80. The van der Waals surface area contributed by atoms with Crippen LogP contribution in [0.5, 0.6) is 0 Å². The summed E-state index contributed by atoms with van der Waals surface area (Å²) in [4.78, 5) is 19.2. The Labute approximate surface area is 146 Å². The van der Waals surface area contributed by atoms with Gasteiger partial charge in [0.15, 0.2) is 12.5 Å². The number of aromatic nitrogens is 3. The van der Waals surface area contributed by atoms with Crippen molar-refractivity contribution >= 4 is 5.95 Å². The van der Waals surface area contributed by atoms with E-state index >= 15 is 0 Å². The smallest absolute Gasteiger partial charge is 0.354 e. The van der Waals surface area contributed by atoms with Gasteiger partial charge in [0, 0.05) is 0 Å². The van der Waals surface area contributed by atoms with Crippen molar-refractivity contribution in [3.8, 4) is 0 Å². The Balaban J connectivity index is 1.85. The summed E-state index contributed by atoms with van der Waals surface area (Å²) in [5.41, 5.74) is 4.51. The number of nitrogens with two attached hydrogens (primary N) is 1. The highest BCUT2D eigenvalue weighted by molar-refractivity contribution is 5.10. The van der Waals surface area contributed by atoms with Gasteiger partial charge in [-0.15, -0.1) is 0 Å². The SMILES string of the molecule is Nc1ncn([C@@H]2O[C@H](CO)[C@H](O)[C@H]2OC2OC(CO)C(O)C2O)c(=O)n1. The summed E-state index contributed by atoms with van der Waals surface area (Å²) in [6, 6.07) is 0. The minimum Gasteiger partial charge on any atom is -0.394 e. The highest BCUT2D eigenvalue weighted by Gasteiger charge is 2.51. The molecule has 3 heterocycles. The van der Waals surface area contributed by atoms with Crippen LogP contribution in [0.1, 0.15) is 6.23 Å². The van der Waals surface area contributed by atoms with Crippen molar-refractivity contribution in [1.29, 1.82) is 0 Å². The zero-order valence-electron chi connectivity index (χ0n) is 13.4. The average Bonchev–Trinajstić information content (AvgIpc) is 3.07. The molecule has 2 aliphatic rings. The third-order valence-corrected chi connectivity index (χ3v) is 4.30. The molecular formula is C13H20N4O9. The maximum Gasteiger partial charge on any atom is 0.354 e. The number of rotatable bonds is 5. The van der Waals surface area contributed by atoms with Gasteiger partial charge in [-0.3, -0.25) is 4.57 Å². The molecule has 0 bridgehead atoms. The lowest BCUT2D eigenvalue weighted by Crippen LogP contribution is -2.43. The Morgan fingerprint density at radius 1 is 1.12 bits per heavy atom. The minimum atomic E-state index is -1.51. The highest BCUT2D eigenvalue weighted by Crippen LogP contribution is 2.34. The molecule has 13 heteroatoms. The molecule has 0 aromatic carbocycles. The summed E-state index contributed by atoms with van der Waals surface area (Å²) in [5, 5.41) is 48.6. The molecule has 7 N–H and O–H groups in total. The second-order valence-corrected chi connectivity index (χ2v) is 5.95. The molecule has 2 saturated heterocycles. The first-order valence-electron chi connectivity index (χ1n) is 7.80. The zero-order valence-corrected chi connectivity index (χ0v) is 13.4. The van der Waals surface area contributed by atoms with Gasteiger partial charge in [0.25, 0.3) is 0 Å². The lowest BCUT2D eigenvalue weighted by atomic mass is 10.1. The van der Waals surface area contributed by atoms with Crippen molar-refractivity contribution < 1.29 is 39.7 Å². The molecule has 146 valence electrons. The standard InChI is InChI=1S/C13H20N4O9/c14-12-15-3-17(13(23)16-12)10-9(7(21)5(2-19)24-10)26-11-8(22)6(20)4(1-18)25-11/h3-11,18-22H,1-2H2,(H2,14,16,23)/t4?,5-,6?,7+,8?,9-,10-,11?/m1/s1. The van der Waals surface area contributed by atoms with E-state index in [1.807, 2.05) is 0 Å². The third-order valence-electron chi connectivity index (χ3n) is 4.30. The van der Waals surface area contributed by atoms with Crippen molar-refractivity contribution in [2.75, 3.05) is 18.9 Å². The Bertz CT molecular complexity index is 688. The molecule has 13 nitrogen and oxygen atoms in total. The summed E-state index contributed by atoms with van der Waals surface area (Å²) < 4.78 is 17.1. The van der Waals surface area contributed by atoms with E-state index in [4.69, 9.17) is 25.1 Å². The van der Waals surface area contributed by atoms with Gasteiger partial charge in [-0.05, 0) is 0 Å². The number of hydrogen-bond acceptors (Lipinski definition) is 12. The van der Waals surface area contributed by atoms with E-state index in [1.165, 1.54) is 0 Å². The molecule has 1 aromatic heterocycles. The summed E-state index contributed by atoms with van der Waals surface area (Å²) in [7, 11) is 0. The van der Waals surface area contributed by atoms with E-state index in [-0.39, 0.29) is 5.95 Å². The Morgan fingerprint density at radius 2 is 1.77 bits per heavy atom. The fourth-order valence-electron chi connectivity index (χ4n) is 2.90. The molecule has 1 aromatic rings. The fraction of sp³-hybridized carbons (Fsp3) is 0.769. The predicted molar refractivity (Wildman–Crippen MR) is 80.3 cm³/mol. The van der Waals surface area contributed by atoms with Crippen molar-refractivity contribution in [2.24, 2.45) is 0 Å². The molecule has 0 spiro atoms. The number of hydrogen-bond donors (Lipinski definition) is 6. The Hall–Kier alpha value is -1.71. The van der Waals surface area contributed by atoms with Gasteiger partial charge >= 0.3 is 5.69 Å². The second-order valence-electron chi connectivity index (χ2n) is 5.95. The van der Waals surface area contributed by atoms with Gasteiger partial charge in [-0.25, -0.2) is 9.78 Å². The first-order chi connectivity index (χ1) is 12.4. The molecule has 26 heavy (non-hydrogen) atoms. The third kappa shape index (κ3) is 3.30. The van der Waals surface area contributed by atoms with Crippen molar-refractivity contribution in [1.82, 2.24) is 14.5 Å². The number of nitrogens with zero attached hydrogens (tertiary/aromatic N) is 3. The van der Waals surface area contributed by atoms with Crippen LogP contribution in [0, 0.1) is 0 Å². The van der Waals surface area contributed by atoms with E-state index < -0.39 is 68.0 Å². The first kappa shape index (κ1) is 19.1. The number of anilines is 1. The summed E-state index contributed by atoms with van der Waals surface area (Å²) in [6.45, 7) is -1.13. The van der Waals surface area contributed by atoms with Gasteiger partial charge < -0.3 is 45.5 Å². The Morgan fingerprint density at radius 3 is 2.35 bits per heavy atom. The van der Waals surface area contributed by atoms with Gasteiger partial charge in [-0.2, -0.15) is 4.98 Å². The topological polar surface area (TPSA) is 203 Å². The molecule has 0 amide bonds. The number of nitrogen functional groups attached to an aromatic ring is 1. The molecule has 0 saturated carbocycles. The number of aliphatic hydroxyl groups excluding tert-OH is 5. The lowest BCUT2D eigenvalue weighted by molar-refractivity contribution is -0.220. The van der Waals surface area contributed by atoms with Gasteiger partial charge in [0.05, 0.1) is 13.2 Å². The monoisotopic (exact) mass is 376 g/mol. The van der Waals surface area contributed by atoms with Gasteiger partial charge in [0.2, 0.25) is 5.95 Å². The maximum absolute atomic E-state index is 12.0. The highest BCUT2D eigenvalue weighted by atomic mass is 16.7. The van der Waals surface area contributed by atoms with Crippen LogP contribution in [0.4, 0.5) is 5.95 Å². The molecule has 2 fully saturated rings. The van der Waals surface area contributed by atoms with Crippen LogP contribution in [-0.2, 0) is 14.2 Å². The molecule has 0 radical (unpaired) electrons. The number of aliphatic hydroxyl groups is 5. The number of ether oxygens (including phenoxy) is 3. The van der Waals surface area contributed by atoms with E-state index in [2.05, 4.69) is 9.97 Å². The summed E-state index contributed by atoms with van der Waals surface area (Å²) >= 11 is 0. The van der Waals surface area contributed by atoms with Crippen LogP contribution in [-0.4, -0.2) is 96.2 Å². The summed E-state index contributed by atoms with van der Waals surface area (Å²) in [5.74, 6) is -0.260. The van der Waals surface area contributed by atoms with Gasteiger partial charge in [-0.1, -0.05) is 0 Å². The average molecular weight is 376 g/mol. The van der Waals surface area contributed by atoms with Crippen LogP contribution >= 0.6 is 0 Å². The minimum absolute atomic E-state index is 0.260. The van der Waals surface area contributed by atoms with Crippen molar-refractivity contribution in [3.63, 3.8) is 0 Å². The molecule has 8 atom stereocenters. The largest absolute Gasteiger partial charge is 0.394 e. The predicted octanol–water partition coefficient (Wildman–Crippen LogP) is -4.70. The maximum atomic E-state index is 12.0. The van der Waals surface area contributed by atoms with Crippen LogP contribution in [0.2, 0.25) is 0 Å². The van der Waals surface area contributed by atoms with E-state index in [0.29, 0.717) is 0 Å². The quantitative estimate of drug-likeness (QED) is 0.287. The fourth-order valence-corrected chi connectivity index (χ4v) is 2.90. The van der Waals surface area contributed by atoms with E-state index in [9.17, 15) is 25.2 Å². The van der Waals surface area contributed by atoms with Crippen LogP contribution in [0.15, 0.2) is 11.1 Å². The van der Waals surface area contributed by atoms with Crippen molar-refractivity contribution in [3.05, 3.63) is 16.8 Å². The molecular weight excluding hydrogens is 356 g/mol. The molecule has 4 unspecified atom stereocenters. The van der Waals surface area contributed by atoms with Crippen LogP contribution in [0.25, 0.3) is 0 Å². The molecule has 3 rings (SSSR count). The van der Waals surface area contributed by atoms with E-state index in [1.54, 1.807) is 0 Å². The van der Waals surface area contributed by atoms with Crippen LogP contribution < -0.4 is 11.4 Å². The molecule has 2 aliphatic heterocycles. The Kier molecular flexibility index (Phi) is 5.50. The molecule has 0 aliphatic carbocycles. The van der Waals surface area contributed by atoms with Crippen molar-refractivity contribution in [2.45, 2.75) is 49.1 Å². The van der Waals surface area contributed by atoms with Crippen LogP contribution in [0.3, 0.4) is 0 Å². The summed E-state index contributed by atoms with van der Waals surface area (Å²) in [6.07, 6.45) is -9.37. The normalized spacial score (nSPS) is 40.2. The second kappa shape index (κ2) is 7.50. The van der Waals surface area contributed by atoms with Gasteiger partial charge in [0.1, 0.15) is 43.0 Å².